The van der Waals surface area contributed by atoms with E-state index in [0.29, 0.717) is 16.5 Å². The lowest BCUT2D eigenvalue weighted by Crippen LogP contribution is -2.35. The summed E-state index contributed by atoms with van der Waals surface area (Å²) in [4.78, 5) is 11.9. The van der Waals surface area contributed by atoms with Crippen LogP contribution in [0.3, 0.4) is 0 Å². The molecule has 1 aliphatic rings. The molecule has 0 aromatic heterocycles. The molecule has 1 aromatic rings. The van der Waals surface area contributed by atoms with Crippen molar-refractivity contribution in [3.8, 4) is 5.75 Å². The SMILES string of the molecule is COc1ccc(Cl)c(NC(=O)[C@H]2CCCN2)c1. The van der Waals surface area contributed by atoms with Crippen molar-refractivity contribution < 1.29 is 9.53 Å². The van der Waals surface area contributed by atoms with E-state index in [1.165, 1.54) is 0 Å². The van der Waals surface area contributed by atoms with Crippen LogP contribution in [0.2, 0.25) is 5.02 Å². The van der Waals surface area contributed by atoms with Crippen LogP contribution in [0.4, 0.5) is 5.69 Å². The molecule has 1 aromatic carbocycles. The topological polar surface area (TPSA) is 50.4 Å². The second kappa shape index (κ2) is 5.38. The van der Waals surface area contributed by atoms with E-state index in [1.807, 2.05) is 0 Å². The Bertz CT molecular complexity index is 417. The van der Waals surface area contributed by atoms with Crippen molar-refractivity contribution in [2.75, 3.05) is 19.0 Å². The third kappa shape index (κ3) is 2.90. The molecule has 2 rings (SSSR count). The van der Waals surface area contributed by atoms with Gasteiger partial charge in [-0.3, -0.25) is 4.79 Å². The third-order valence-electron chi connectivity index (χ3n) is 2.81. The highest BCUT2D eigenvalue weighted by Crippen LogP contribution is 2.27. The van der Waals surface area contributed by atoms with Crippen molar-refractivity contribution >= 4 is 23.2 Å². The maximum absolute atomic E-state index is 11.9. The van der Waals surface area contributed by atoms with E-state index in [0.717, 1.165) is 19.4 Å². The molecule has 1 heterocycles. The van der Waals surface area contributed by atoms with E-state index < -0.39 is 0 Å². The number of benzene rings is 1. The highest BCUT2D eigenvalue weighted by molar-refractivity contribution is 6.33. The van der Waals surface area contributed by atoms with Crippen LogP contribution in [-0.2, 0) is 4.79 Å². The summed E-state index contributed by atoms with van der Waals surface area (Å²) in [6, 6.07) is 5.07. The highest BCUT2D eigenvalue weighted by Gasteiger charge is 2.22. The van der Waals surface area contributed by atoms with Gasteiger partial charge in [-0.15, -0.1) is 0 Å². The Balaban J connectivity index is 2.09. The number of rotatable bonds is 3. The maximum atomic E-state index is 11.9. The third-order valence-corrected chi connectivity index (χ3v) is 3.14. The molecule has 0 aliphatic carbocycles. The zero-order valence-corrected chi connectivity index (χ0v) is 10.4. The van der Waals surface area contributed by atoms with Crippen molar-refractivity contribution in [3.05, 3.63) is 23.2 Å². The first-order chi connectivity index (χ1) is 8.20. The monoisotopic (exact) mass is 254 g/mol. The summed E-state index contributed by atoms with van der Waals surface area (Å²) in [5.41, 5.74) is 0.588. The van der Waals surface area contributed by atoms with E-state index in [4.69, 9.17) is 16.3 Å². The normalized spacial score (nSPS) is 19.1. The molecule has 1 atom stereocenters. The van der Waals surface area contributed by atoms with Gasteiger partial charge in [-0.2, -0.15) is 0 Å². The molecule has 0 spiro atoms. The van der Waals surface area contributed by atoms with Crippen LogP contribution in [0.5, 0.6) is 5.75 Å². The standard InChI is InChI=1S/C12H15ClN2O2/c1-17-8-4-5-9(13)11(7-8)15-12(16)10-3-2-6-14-10/h4-5,7,10,14H,2-3,6H2,1H3,(H,15,16)/t10-/m1/s1. The number of halogens is 1. The van der Waals surface area contributed by atoms with Crippen molar-refractivity contribution in [2.45, 2.75) is 18.9 Å². The lowest BCUT2D eigenvalue weighted by atomic mass is 10.2. The van der Waals surface area contributed by atoms with Crippen molar-refractivity contribution in [3.63, 3.8) is 0 Å². The number of nitrogens with one attached hydrogen (secondary N) is 2. The van der Waals surface area contributed by atoms with E-state index in [2.05, 4.69) is 10.6 Å². The van der Waals surface area contributed by atoms with Gasteiger partial charge in [-0.25, -0.2) is 0 Å². The van der Waals surface area contributed by atoms with Gasteiger partial charge in [0.05, 0.1) is 23.9 Å². The fourth-order valence-electron chi connectivity index (χ4n) is 1.86. The Hall–Kier alpha value is -1.26. The van der Waals surface area contributed by atoms with Gasteiger partial charge in [0, 0.05) is 6.07 Å². The Morgan fingerprint density at radius 3 is 3.06 bits per heavy atom. The van der Waals surface area contributed by atoms with Gasteiger partial charge in [-0.05, 0) is 31.5 Å². The zero-order chi connectivity index (χ0) is 12.3. The molecule has 1 amide bonds. The van der Waals surface area contributed by atoms with Gasteiger partial charge < -0.3 is 15.4 Å². The number of amides is 1. The Morgan fingerprint density at radius 1 is 1.59 bits per heavy atom. The number of anilines is 1. The van der Waals surface area contributed by atoms with Gasteiger partial charge in [-0.1, -0.05) is 11.6 Å². The van der Waals surface area contributed by atoms with Crippen molar-refractivity contribution in [2.24, 2.45) is 0 Å². The van der Waals surface area contributed by atoms with E-state index in [9.17, 15) is 4.79 Å². The molecule has 1 fully saturated rings. The maximum Gasteiger partial charge on any atom is 0.241 e. The Morgan fingerprint density at radius 2 is 2.41 bits per heavy atom. The molecule has 92 valence electrons. The Labute approximate surface area is 105 Å². The summed E-state index contributed by atoms with van der Waals surface area (Å²) < 4.78 is 5.09. The van der Waals surface area contributed by atoms with E-state index in [1.54, 1.807) is 25.3 Å². The first-order valence-electron chi connectivity index (χ1n) is 5.58. The zero-order valence-electron chi connectivity index (χ0n) is 9.63. The molecular formula is C12H15ClN2O2. The van der Waals surface area contributed by atoms with Crippen LogP contribution < -0.4 is 15.4 Å². The lowest BCUT2D eigenvalue weighted by Gasteiger charge is -2.13. The summed E-state index contributed by atoms with van der Waals surface area (Å²) in [6.07, 6.45) is 1.90. The molecule has 17 heavy (non-hydrogen) atoms. The number of carbonyl (C=O) groups excluding carboxylic acids is 1. The molecular weight excluding hydrogens is 240 g/mol. The first-order valence-corrected chi connectivity index (χ1v) is 5.96. The van der Waals surface area contributed by atoms with Crippen LogP contribution in [0.15, 0.2) is 18.2 Å². The number of methoxy groups -OCH3 is 1. The highest BCUT2D eigenvalue weighted by atomic mass is 35.5. The Kier molecular flexibility index (Phi) is 3.86. The molecule has 0 unspecified atom stereocenters. The summed E-state index contributed by atoms with van der Waals surface area (Å²) in [6.45, 7) is 0.893. The van der Waals surface area contributed by atoms with Crippen LogP contribution in [0.25, 0.3) is 0 Å². The van der Waals surface area contributed by atoms with Crippen molar-refractivity contribution in [1.29, 1.82) is 0 Å². The predicted molar refractivity (Wildman–Crippen MR) is 67.7 cm³/mol. The molecule has 4 nitrogen and oxygen atoms in total. The summed E-state index contributed by atoms with van der Waals surface area (Å²) >= 11 is 6.01. The number of ether oxygens (including phenoxy) is 1. The quantitative estimate of drug-likeness (QED) is 0.868. The average Bonchev–Trinajstić information content (AvgIpc) is 2.85. The molecule has 5 heteroatoms. The van der Waals surface area contributed by atoms with Crippen LogP contribution >= 0.6 is 11.6 Å². The number of hydrogen-bond acceptors (Lipinski definition) is 3. The van der Waals surface area contributed by atoms with Gasteiger partial charge in [0.15, 0.2) is 0 Å². The summed E-state index contributed by atoms with van der Waals surface area (Å²) in [7, 11) is 1.58. The van der Waals surface area contributed by atoms with Crippen LogP contribution in [-0.4, -0.2) is 25.6 Å². The van der Waals surface area contributed by atoms with Gasteiger partial charge >= 0.3 is 0 Å². The average molecular weight is 255 g/mol. The molecule has 1 saturated heterocycles. The fraction of sp³-hybridized carbons (Fsp3) is 0.417. The van der Waals surface area contributed by atoms with E-state index >= 15 is 0 Å². The molecule has 0 bridgehead atoms. The largest absolute Gasteiger partial charge is 0.497 e. The van der Waals surface area contributed by atoms with E-state index in [-0.39, 0.29) is 11.9 Å². The molecule has 1 aliphatic heterocycles. The minimum Gasteiger partial charge on any atom is -0.497 e. The number of carbonyl (C=O) groups is 1. The van der Waals surface area contributed by atoms with Gasteiger partial charge in [0.25, 0.3) is 0 Å². The first kappa shape index (κ1) is 12.2. The molecule has 2 N–H and O–H groups in total. The lowest BCUT2D eigenvalue weighted by molar-refractivity contribution is -0.117. The summed E-state index contributed by atoms with van der Waals surface area (Å²) in [5.74, 6) is 0.627. The second-order valence-corrected chi connectivity index (χ2v) is 4.39. The smallest absolute Gasteiger partial charge is 0.241 e. The van der Waals surface area contributed by atoms with Gasteiger partial charge in [0.1, 0.15) is 5.75 Å². The fourth-order valence-corrected chi connectivity index (χ4v) is 2.02. The predicted octanol–water partition coefficient (Wildman–Crippen LogP) is 2.04. The molecule has 0 radical (unpaired) electrons. The van der Waals surface area contributed by atoms with Crippen LogP contribution in [0, 0.1) is 0 Å². The second-order valence-electron chi connectivity index (χ2n) is 3.98. The van der Waals surface area contributed by atoms with Gasteiger partial charge in [0.2, 0.25) is 5.91 Å². The minimum atomic E-state index is -0.114. The molecule has 0 saturated carbocycles. The van der Waals surface area contributed by atoms with Crippen LogP contribution in [0.1, 0.15) is 12.8 Å². The number of hydrogen-bond donors (Lipinski definition) is 2. The van der Waals surface area contributed by atoms with Crippen molar-refractivity contribution in [1.82, 2.24) is 5.32 Å². The summed E-state index contributed by atoms with van der Waals surface area (Å²) in [5, 5.41) is 6.46. The minimum absolute atomic E-state index is 0.0438.